The summed E-state index contributed by atoms with van der Waals surface area (Å²) < 4.78 is 23.5. The van der Waals surface area contributed by atoms with Gasteiger partial charge in [0.05, 0.1) is 11.3 Å². The van der Waals surface area contributed by atoms with Gasteiger partial charge >= 0.3 is 5.97 Å². The van der Waals surface area contributed by atoms with Crippen LogP contribution in [0.15, 0.2) is 18.2 Å². The zero-order valence-electron chi connectivity index (χ0n) is 7.89. The van der Waals surface area contributed by atoms with E-state index >= 15 is 0 Å². The first-order valence-electron chi connectivity index (χ1n) is 3.94. The van der Waals surface area contributed by atoms with Crippen LogP contribution in [0, 0.1) is 6.92 Å². The van der Waals surface area contributed by atoms with Crippen LogP contribution in [-0.2, 0) is 10.2 Å². The van der Waals surface area contributed by atoms with E-state index in [1.165, 1.54) is 25.1 Å². The lowest BCUT2D eigenvalue weighted by atomic mass is 10.1. The predicted octanol–water partition coefficient (Wildman–Crippen LogP) is 0.309. The summed E-state index contributed by atoms with van der Waals surface area (Å²) in [7, 11) is -3.89. The minimum Gasteiger partial charge on any atom is -0.478 e. The van der Waals surface area contributed by atoms with Crippen molar-refractivity contribution in [2.45, 2.75) is 6.92 Å². The molecule has 0 amide bonds. The Hall–Kier alpha value is -1.60. The van der Waals surface area contributed by atoms with Crippen molar-refractivity contribution in [2.75, 3.05) is 4.72 Å². The van der Waals surface area contributed by atoms with Gasteiger partial charge in [0.2, 0.25) is 0 Å². The molecule has 0 aliphatic heterocycles. The van der Waals surface area contributed by atoms with E-state index in [9.17, 15) is 13.2 Å². The first-order chi connectivity index (χ1) is 6.81. The molecular weight excluding hydrogens is 220 g/mol. The average Bonchev–Trinajstić information content (AvgIpc) is 2.05. The van der Waals surface area contributed by atoms with Gasteiger partial charge in [-0.15, -0.1) is 0 Å². The van der Waals surface area contributed by atoms with E-state index in [1.54, 1.807) is 0 Å². The Morgan fingerprint density at radius 3 is 2.53 bits per heavy atom. The maximum absolute atomic E-state index is 10.8. The molecule has 82 valence electrons. The first kappa shape index (κ1) is 11.5. The van der Waals surface area contributed by atoms with Crippen LogP contribution in [0.3, 0.4) is 0 Å². The maximum atomic E-state index is 10.8. The number of hydrogen-bond acceptors (Lipinski definition) is 3. The van der Waals surface area contributed by atoms with Gasteiger partial charge in [-0.25, -0.2) is 9.93 Å². The molecule has 0 heterocycles. The number of aromatic carboxylic acids is 1. The molecule has 1 aromatic carbocycles. The van der Waals surface area contributed by atoms with Gasteiger partial charge in [-0.3, -0.25) is 4.72 Å². The third kappa shape index (κ3) is 2.93. The molecule has 0 saturated carbocycles. The summed E-state index contributed by atoms with van der Waals surface area (Å²) in [5, 5.41) is 13.6. The molecular formula is C8H10N2O4S. The molecule has 0 bridgehead atoms. The standard InChI is InChI=1S/C8H10N2O4S/c1-5-6(8(11)12)3-2-4-7(5)10-15(9,13)14/h2-4,10H,1H3,(H,11,12)(H2,9,13,14). The number of carbonyl (C=O) groups is 1. The van der Waals surface area contributed by atoms with Crippen molar-refractivity contribution < 1.29 is 18.3 Å². The summed E-state index contributed by atoms with van der Waals surface area (Å²) in [6.07, 6.45) is 0. The molecule has 0 unspecified atom stereocenters. The van der Waals surface area contributed by atoms with E-state index in [2.05, 4.69) is 0 Å². The fraction of sp³-hybridized carbons (Fsp3) is 0.125. The van der Waals surface area contributed by atoms with Crippen molar-refractivity contribution in [2.24, 2.45) is 5.14 Å². The molecule has 0 spiro atoms. The number of hydrogen-bond donors (Lipinski definition) is 3. The lowest BCUT2D eigenvalue weighted by Gasteiger charge is -2.08. The number of benzene rings is 1. The lowest BCUT2D eigenvalue weighted by molar-refractivity contribution is 0.0696. The van der Waals surface area contributed by atoms with E-state index in [0.29, 0.717) is 5.56 Å². The Morgan fingerprint density at radius 1 is 1.47 bits per heavy atom. The molecule has 1 aromatic rings. The van der Waals surface area contributed by atoms with Gasteiger partial charge < -0.3 is 5.11 Å². The summed E-state index contributed by atoms with van der Waals surface area (Å²) in [4.78, 5) is 10.7. The second kappa shape index (κ2) is 3.87. The van der Waals surface area contributed by atoms with Gasteiger partial charge in [-0.05, 0) is 24.6 Å². The summed E-state index contributed by atoms with van der Waals surface area (Å²) >= 11 is 0. The van der Waals surface area contributed by atoms with Gasteiger partial charge in [0.15, 0.2) is 0 Å². The summed E-state index contributed by atoms with van der Waals surface area (Å²) in [5.41, 5.74) is 0.514. The van der Waals surface area contributed by atoms with Crippen molar-refractivity contribution in [3.05, 3.63) is 29.3 Å². The third-order valence-electron chi connectivity index (χ3n) is 1.82. The molecule has 0 aromatic heterocycles. The van der Waals surface area contributed by atoms with E-state index in [0.717, 1.165) is 0 Å². The minimum absolute atomic E-state index is 0.0312. The predicted molar refractivity (Wildman–Crippen MR) is 54.9 cm³/mol. The molecule has 0 radical (unpaired) electrons. The topological polar surface area (TPSA) is 109 Å². The smallest absolute Gasteiger partial charge is 0.336 e. The largest absolute Gasteiger partial charge is 0.478 e. The highest BCUT2D eigenvalue weighted by atomic mass is 32.2. The number of anilines is 1. The molecule has 1 rings (SSSR count). The fourth-order valence-corrected chi connectivity index (χ4v) is 1.66. The van der Waals surface area contributed by atoms with Gasteiger partial charge in [-0.2, -0.15) is 8.42 Å². The number of carboxylic acids is 1. The second-order valence-electron chi connectivity index (χ2n) is 2.93. The SMILES string of the molecule is Cc1c(NS(N)(=O)=O)cccc1C(=O)O. The minimum atomic E-state index is -3.89. The molecule has 7 heteroatoms. The molecule has 15 heavy (non-hydrogen) atoms. The van der Waals surface area contributed by atoms with Crippen LogP contribution in [0.5, 0.6) is 0 Å². The van der Waals surface area contributed by atoms with Crippen molar-refractivity contribution >= 4 is 21.9 Å². The van der Waals surface area contributed by atoms with Crippen LogP contribution in [0.25, 0.3) is 0 Å². The molecule has 0 fully saturated rings. The monoisotopic (exact) mass is 230 g/mol. The van der Waals surface area contributed by atoms with Crippen LogP contribution < -0.4 is 9.86 Å². The molecule has 0 atom stereocenters. The number of nitrogens with one attached hydrogen (secondary N) is 1. The van der Waals surface area contributed by atoms with Crippen molar-refractivity contribution in [1.29, 1.82) is 0 Å². The van der Waals surface area contributed by atoms with Crippen molar-refractivity contribution in [3.8, 4) is 0 Å². The van der Waals surface area contributed by atoms with Crippen molar-refractivity contribution in [1.82, 2.24) is 0 Å². The zero-order chi connectivity index (χ0) is 11.6. The quantitative estimate of drug-likeness (QED) is 0.694. The summed E-state index contributed by atoms with van der Waals surface area (Å²) in [6, 6.07) is 4.25. The molecule has 6 nitrogen and oxygen atoms in total. The van der Waals surface area contributed by atoms with Crippen LogP contribution >= 0.6 is 0 Å². The van der Waals surface area contributed by atoms with E-state index < -0.39 is 16.2 Å². The van der Waals surface area contributed by atoms with Crippen LogP contribution in [-0.4, -0.2) is 19.5 Å². The van der Waals surface area contributed by atoms with Gasteiger partial charge in [0.1, 0.15) is 0 Å². The highest BCUT2D eigenvalue weighted by Crippen LogP contribution is 2.19. The van der Waals surface area contributed by atoms with Gasteiger partial charge in [-0.1, -0.05) is 6.07 Å². The summed E-state index contributed by atoms with van der Waals surface area (Å²) in [5.74, 6) is -1.12. The number of carboxylic acid groups (broad SMARTS) is 1. The summed E-state index contributed by atoms with van der Waals surface area (Å²) in [6.45, 7) is 1.50. The van der Waals surface area contributed by atoms with E-state index in [4.69, 9.17) is 10.2 Å². The lowest BCUT2D eigenvalue weighted by Crippen LogP contribution is -2.22. The van der Waals surface area contributed by atoms with Gasteiger partial charge in [0.25, 0.3) is 10.2 Å². The Morgan fingerprint density at radius 2 is 2.07 bits per heavy atom. The third-order valence-corrected chi connectivity index (χ3v) is 2.32. The van der Waals surface area contributed by atoms with E-state index in [1.807, 2.05) is 4.72 Å². The van der Waals surface area contributed by atoms with Crippen LogP contribution in [0.1, 0.15) is 15.9 Å². The molecule has 4 N–H and O–H groups in total. The average molecular weight is 230 g/mol. The van der Waals surface area contributed by atoms with E-state index in [-0.39, 0.29) is 11.3 Å². The van der Waals surface area contributed by atoms with Crippen LogP contribution in [0.2, 0.25) is 0 Å². The normalized spacial score (nSPS) is 11.1. The first-order valence-corrected chi connectivity index (χ1v) is 5.49. The Bertz CT molecular complexity index is 495. The number of nitrogens with two attached hydrogens (primary N) is 1. The van der Waals surface area contributed by atoms with Gasteiger partial charge in [0, 0.05) is 0 Å². The highest BCUT2D eigenvalue weighted by Gasteiger charge is 2.12. The highest BCUT2D eigenvalue weighted by molar-refractivity contribution is 7.90. The van der Waals surface area contributed by atoms with Crippen molar-refractivity contribution in [3.63, 3.8) is 0 Å². The Balaban J connectivity index is 3.22. The number of rotatable bonds is 3. The molecule has 0 aliphatic carbocycles. The zero-order valence-corrected chi connectivity index (χ0v) is 8.71. The maximum Gasteiger partial charge on any atom is 0.336 e. The fourth-order valence-electron chi connectivity index (χ4n) is 1.13. The molecule has 0 aliphatic rings. The second-order valence-corrected chi connectivity index (χ2v) is 4.22. The Kier molecular flexibility index (Phi) is 2.96. The molecule has 0 saturated heterocycles. The Labute approximate surface area is 86.9 Å². The van der Waals surface area contributed by atoms with Crippen LogP contribution in [0.4, 0.5) is 5.69 Å².